The van der Waals surface area contributed by atoms with Crippen molar-refractivity contribution in [2.45, 2.75) is 13.1 Å². The van der Waals surface area contributed by atoms with Crippen LogP contribution in [0.25, 0.3) is 0 Å². The summed E-state index contributed by atoms with van der Waals surface area (Å²) in [7, 11) is 0. The van der Waals surface area contributed by atoms with Crippen LogP contribution in [0.15, 0.2) is 62.9 Å². The first-order chi connectivity index (χ1) is 11.4. The topological polar surface area (TPSA) is 42.3 Å². The lowest BCUT2D eigenvalue weighted by Crippen LogP contribution is -2.36. The van der Waals surface area contributed by atoms with E-state index in [4.69, 9.17) is 0 Å². The summed E-state index contributed by atoms with van der Waals surface area (Å²) in [6.45, 7) is 3.86. The van der Waals surface area contributed by atoms with Crippen LogP contribution in [0, 0.1) is 5.82 Å². The number of hydrogen-bond acceptors (Lipinski definition) is 2. The maximum absolute atomic E-state index is 13.9. The zero-order valence-corrected chi connectivity index (χ0v) is 15.9. The lowest BCUT2D eigenvalue weighted by atomic mass is 10.2. The Morgan fingerprint density at radius 2 is 1.96 bits per heavy atom. The van der Waals surface area contributed by atoms with E-state index in [-0.39, 0.29) is 36.9 Å². The number of pyridine rings is 1. The maximum Gasteiger partial charge on any atom is 0.251 e. The lowest BCUT2D eigenvalue weighted by Gasteiger charge is -2.22. The monoisotopic (exact) mass is 456 g/mol. The number of hydrogen-bond donors (Lipinski definition) is 0. The Kier molecular flexibility index (Phi) is 6.51. The fraction of sp³-hybridized carbons (Fsp3) is 0.176. The van der Waals surface area contributed by atoms with Crippen molar-refractivity contribution in [3.05, 3.63) is 79.9 Å². The van der Waals surface area contributed by atoms with Crippen molar-refractivity contribution in [3.63, 3.8) is 0 Å². The molecule has 1 amide bonds. The smallest absolute Gasteiger partial charge is 0.251 e. The van der Waals surface area contributed by atoms with Crippen LogP contribution < -0.4 is 5.56 Å². The maximum atomic E-state index is 13.9. The second-order valence-corrected chi connectivity index (χ2v) is 6.94. The third-order valence-electron chi connectivity index (χ3n) is 3.32. The van der Waals surface area contributed by atoms with E-state index in [0.29, 0.717) is 10.0 Å². The van der Waals surface area contributed by atoms with Crippen molar-refractivity contribution in [2.75, 3.05) is 6.54 Å². The zero-order chi connectivity index (χ0) is 17.7. The Morgan fingerprint density at radius 3 is 2.67 bits per heavy atom. The van der Waals surface area contributed by atoms with E-state index in [1.165, 1.54) is 21.6 Å². The molecule has 2 rings (SSSR count). The third-order valence-corrected chi connectivity index (χ3v) is 4.29. The number of aromatic nitrogens is 1. The number of amides is 1. The first-order valence-electron chi connectivity index (χ1n) is 7.09. The van der Waals surface area contributed by atoms with Crippen LogP contribution in [0.3, 0.4) is 0 Å². The van der Waals surface area contributed by atoms with E-state index in [1.54, 1.807) is 30.5 Å². The summed E-state index contributed by atoms with van der Waals surface area (Å²) in [6, 6.07) is 7.56. The molecule has 0 aliphatic rings. The molecule has 0 fully saturated rings. The van der Waals surface area contributed by atoms with Gasteiger partial charge in [-0.15, -0.1) is 6.58 Å². The molecule has 0 aliphatic heterocycles. The summed E-state index contributed by atoms with van der Waals surface area (Å²) >= 11 is 6.56. The summed E-state index contributed by atoms with van der Waals surface area (Å²) in [6.07, 6.45) is 3.11. The van der Waals surface area contributed by atoms with Crippen LogP contribution in [0.1, 0.15) is 5.56 Å². The van der Waals surface area contributed by atoms with Crippen molar-refractivity contribution in [2.24, 2.45) is 0 Å². The molecule has 0 unspecified atom stereocenters. The largest absolute Gasteiger partial charge is 0.333 e. The van der Waals surface area contributed by atoms with E-state index < -0.39 is 0 Å². The number of benzene rings is 1. The van der Waals surface area contributed by atoms with E-state index in [9.17, 15) is 14.0 Å². The predicted molar refractivity (Wildman–Crippen MR) is 98.1 cm³/mol. The molecule has 126 valence electrons. The summed E-state index contributed by atoms with van der Waals surface area (Å²) in [5.74, 6) is -0.686. The molecule has 0 aliphatic carbocycles. The van der Waals surface area contributed by atoms with Gasteiger partial charge in [0.1, 0.15) is 12.4 Å². The van der Waals surface area contributed by atoms with Gasteiger partial charge in [-0.05, 0) is 40.2 Å². The minimum absolute atomic E-state index is 0.0961. The summed E-state index contributed by atoms with van der Waals surface area (Å²) < 4.78 is 16.7. The van der Waals surface area contributed by atoms with E-state index in [0.717, 1.165) is 4.47 Å². The molecule has 0 radical (unpaired) electrons. The number of rotatable bonds is 6. The summed E-state index contributed by atoms with van der Waals surface area (Å²) in [5, 5.41) is 0. The lowest BCUT2D eigenvalue weighted by molar-refractivity contribution is -0.132. The highest BCUT2D eigenvalue weighted by Gasteiger charge is 2.16. The van der Waals surface area contributed by atoms with Gasteiger partial charge in [-0.2, -0.15) is 0 Å². The van der Waals surface area contributed by atoms with Crippen LogP contribution >= 0.6 is 31.9 Å². The minimum Gasteiger partial charge on any atom is -0.333 e. The molecule has 2 aromatic rings. The van der Waals surface area contributed by atoms with Crippen molar-refractivity contribution >= 4 is 37.8 Å². The van der Waals surface area contributed by atoms with Crippen LogP contribution in [0.5, 0.6) is 0 Å². The van der Waals surface area contributed by atoms with Gasteiger partial charge in [-0.1, -0.05) is 22.0 Å². The standard InChI is InChI=1S/C17H15Br2FN2O2/c1-2-7-21(9-12-8-13(18)3-5-15(12)20)17(24)11-22-10-14(19)4-6-16(22)23/h2-6,8,10H,1,7,9,11H2. The van der Waals surface area contributed by atoms with Crippen molar-refractivity contribution < 1.29 is 9.18 Å². The highest BCUT2D eigenvalue weighted by Crippen LogP contribution is 2.17. The average molecular weight is 458 g/mol. The SMILES string of the molecule is C=CCN(Cc1cc(Br)ccc1F)C(=O)Cn1cc(Br)ccc1=O. The molecule has 0 saturated carbocycles. The Labute approximate surface area is 155 Å². The van der Waals surface area contributed by atoms with Gasteiger partial charge >= 0.3 is 0 Å². The van der Waals surface area contributed by atoms with Gasteiger partial charge in [-0.25, -0.2) is 4.39 Å². The molecule has 7 heteroatoms. The predicted octanol–water partition coefficient (Wildman–Crippen LogP) is 3.73. The summed E-state index contributed by atoms with van der Waals surface area (Å²) in [4.78, 5) is 25.8. The molecule has 0 saturated heterocycles. The number of halogens is 3. The fourth-order valence-corrected chi connectivity index (χ4v) is 2.94. The molecule has 4 nitrogen and oxygen atoms in total. The molecule has 1 aromatic heterocycles. The molecule has 0 spiro atoms. The van der Waals surface area contributed by atoms with E-state index >= 15 is 0 Å². The fourth-order valence-electron chi connectivity index (χ4n) is 2.15. The normalized spacial score (nSPS) is 10.5. The second-order valence-electron chi connectivity index (χ2n) is 5.11. The van der Waals surface area contributed by atoms with Crippen molar-refractivity contribution in [3.8, 4) is 0 Å². The summed E-state index contributed by atoms with van der Waals surface area (Å²) in [5.41, 5.74) is 0.111. The first-order valence-corrected chi connectivity index (χ1v) is 8.68. The quantitative estimate of drug-likeness (QED) is 0.620. The first kappa shape index (κ1) is 18.6. The third kappa shape index (κ3) is 4.88. The second kappa shape index (κ2) is 8.39. The molecule has 24 heavy (non-hydrogen) atoms. The van der Waals surface area contributed by atoms with Gasteiger partial charge in [0.15, 0.2) is 0 Å². The molecule has 0 N–H and O–H groups in total. The molecular formula is C17H15Br2FN2O2. The molecule has 0 atom stereocenters. The van der Waals surface area contributed by atoms with Crippen molar-refractivity contribution in [1.29, 1.82) is 0 Å². The average Bonchev–Trinajstić information content (AvgIpc) is 2.53. The Hall–Kier alpha value is -1.73. The highest BCUT2D eigenvalue weighted by atomic mass is 79.9. The Morgan fingerprint density at radius 1 is 1.25 bits per heavy atom. The van der Waals surface area contributed by atoms with Gasteiger partial charge in [0.05, 0.1) is 0 Å². The molecule has 1 aromatic carbocycles. The van der Waals surface area contributed by atoms with E-state index in [1.807, 2.05) is 0 Å². The number of carbonyl (C=O) groups is 1. The van der Waals surface area contributed by atoms with Crippen LogP contribution in [0.4, 0.5) is 4.39 Å². The van der Waals surface area contributed by atoms with Crippen LogP contribution in [0.2, 0.25) is 0 Å². The molecule has 1 heterocycles. The number of carbonyl (C=O) groups excluding carboxylic acids is 1. The minimum atomic E-state index is -0.389. The zero-order valence-electron chi connectivity index (χ0n) is 12.7. The Balaban J connectivity index is 2.21. The molecule has 0 bridgehead atoms. The van der Waals surface area contributed by atoms with Gasteiger partial charge in [-0.3, -0.25) is 9.59 Å². The van der Waals surface area contributed by atoms with Crippen LogP contribution in [-0.2, 0) is 17.9 Å². The van der Waals surface area contributed by atoms with Gasteiger partial charge < -0.3 is 9.47 Å². The van der Waals surface area contributed by atoms with Gasteiger partial charge in [0, 0.05) is 39.9 Å². The van der Waals surface area contributed by atoms with Crippen molar-refractivity contribution in [1.82, 2.24) is 9.47 Å². The number of nitrogens with zero attached hydrogens (tertiary/aromatic N) is 2. The highest BCUT2D eigenvalue weighted by molar-refractivity contribution is 9.10. The van der Waals surface area contributed by atoms with Gasteiger partial charge in [0.2, 0.25) is 5.91 Å². The molecular weight excluding hydrogens is 443 g/mol. The van der Waals surface area contributed by atoms with Gasteiger partial charge in [0.25, 0.3) is 5.56 Å². The van der Waals surface area contributed by atoms with E-state index in [2.05, 4.69) is 38.4 Å². The Bertz CT molecular complexity index is 820. The van der Waals surface area contributed by atoms with Crippen LogP contribution in [-0.4, -0.2) is 21.9 Å².